The molecule has 1 aromatic heterocycles. The number of carbonyl (C=O) groups is 1. The van der Waals surface area contributed by atoms with E-state index in [1.165, 1.54) is 30.2 Å². The molecule has 4 rings (SSSR count). The van der Waals surface area contributed by atoms with Crippen molar-refractivity contribution in [2.75, 3.05) is 25.5 Å². The van der Waals surface area contributed by atoms with Gasteiger partial charge in [-0.3, -0.25) is 4.79 Å². The van der Waals surface area contributed by atoms with Crippen LogP contribution in [0.15, 0.2) is 36.0 Å². The zero-order valence-electron chi connectivity index (χ0n) is 17.4. The Morgan fingerprint density at radius 2 is 2.03 bits per heavy atom. The molecule has 7 nitrogen and oxygen atoms in total. The Kier molecular flexibility index (Phi) is 6.32. The van der Waals surface area contributed by atoms with Gasteiger partial charge >= 0.3 is 0 Å². The number of rotatable bonds is 8. The lowest BCUT2D eigenvalue weighted by Crippen LogP contribution is -2.39. The summed E-state index contributed by atoms with van der Waals surface area (Å²) in [5.41, 5.74) is 1.17. The van der Waals surface area contributed by atoms with Crippen molar-refractivity contribution in [1.29, 1.82) is 0 Å². The van der Waals surface area contributed by atoms with Gasteiger partial charge in [0.1, 0.15) is 19.0 Å². The summed E-state index contributed by atoms with van der Waals surface area (Å²) in [6.45, 7) is 8.10. The smallest absolute Gasteiger partial charge is 0.230 e. The van der Waals surface area contributed by atoms with Crippen LogP contribution < -0.4 is 14.8 Å². The lowest BCUT2D eigenvalue weighted by Gasteiger charge is -2.31. The molecule has 1 aliphatic heterocycles. The molecule has 1 aromatic carbocycles. The third-order valence-corrected chi connectivity index (χ3v) is 6.85. The molecule has 0 saturated heterocycles. The molecule has 0 bridgehead atoms. The second kappa shape index (κ2) is 9.12. The topological polar surface area (TPSA) is 78.3 Å². The lowest BCUT2D eigenvalue weighted by atomic mass is 9.78. The minimum Gasteiger partial charge on any atom is -0.486 e. The molecule has 1 N–H and O–H groups in total. The standard InChI is InChI=1S/C22H28N4O3S/c1-3-10-26-16(2)24-25-21(26)30-14-20(27)23-15-22(8-4-5-9-22)17-6-7-18-19(13-17)29-12-11-28-18/h3,6-7,13H,1,4-5,8-12,14-15H2,2H3,(H,23,27). The van der Waals surface area contributed by atoms with Crippen LogP contribution in [-0.2, 0) is 16.8 Å². The van der Waals surface area contributed by atoms with E-state index < -0.39 is 0 Å². The third-order valence-electron chi connectivity index (χ3n) is 5.88. The molecule has 0 radical (unpaired) electrons. The first-order chi connectivity index (χ1) is 14.6. The van der Waals surface area contributed by atoms with E-state index in [-0.39, 0.29) is 11.3 Å². The molecule has 160 valence electrons. The van der Waals surface area contributed by atoms with E-state index >= 15 is 0 Å². The van der Waals surface area contributed by atoms with Gasteiger partial charge in [-0.2, -0.15) is 0 Å². The van der Waals surface area contributed by atoms with Gasteiger partial charge in [-0.15, -0.1) is 16.8 Å². The number of amides is 1. The molecule has 1 amide bonds. The number of fused-ring (bicyclic) bond motifs is 1. The molecule has 1 fully saturated rings. The van der Waals surface area contributed by atoms with Crippen LogP contribution in [-0.4, -0.2) is 46.2 Å². The minimum atomic E-state index is -0.0460. The van der Waals surface area contributed by atoms with Crippen LogP contribution in [0.1, 0.15) is 37.1 Å². The van der Waals surface area contributed by atoms with Crippen molar-refractivity contribution >= 4 is 17.7 Å². The fourth-order valence-electron chi connectivity index (χ4n) is 4.25. The van der Waals surface area contributed by atoms with Gasteiger partial charge in [0.15, 0.2) is 16.7 Å². The van der Waals surface area contributed by atoms with Gasteiger partial charge < -0.3 is 19.4 Å². The molecule has 1 saturated carbocycles. The van der Waals surface area contributed by atoms with E-state index in [9.17, 15) is 4.79 Å². The van der Waals surface area contributed by atoms with E-state index in [1.807, 2.05) is 17.6 Å². The van der Waals surface area contributed by atoms with Crippen molar-refractivity contribution in [3.05, 3.63) is 42.2 Å². The number of hydrogen-bond donors (Lipinski definition) is 1. The summed E-state index contributed by atoms with van der Waals surface area (Å²) >= 11 is 1.40. The zero-order valence-corrected chi connectivity index (χ0v) is 18.2. The Morgan fingerprint density at radius 1 is 1.27 bits per heavy atom. The van der Waals surface area contributed by atoms with E-state index in [0.29, 0.717) is 32.1 Å². The minimum absolute atomic E-state index is 0.00891. The van der Waals surface area contributed by atoms with E-state index in [1.54, 1.807) is 6.08 Å². The highest BCUT2D eigenvalue weighted by Crippen LogP contribution is 2.43. The lowest BCUT2D eigenvalue weighted by molar-refractivity contribution is -0.118. The van der Waals surface area contributed by atoms with Crippen LogP contribution in [0.3, 0.4) is 0 Å². The summed E-state index contributed by atoms with van der Waals surface area (Å²) < 4.78 is 13.4. The number of benzene rings is 1. The first-order valence-electron chi connectivity index (χ1n) is 10.4. The number of hydrogen-bond acceptors (Lipinski definition) is 6. The largest absolute Gasteiger partial charge is 0.486 e. The average molecular weight is 429 g/mol. The van der Waals surface area contributed by atoms with Crippen molar-refractivity contribution in [2.45, 2.75) is 49.7 Å². The van der Waals surface area contributed by atoms with Gasteiger partial charge in [0.2, 0.25) is 5.91 Å². The van der Waals surface area contributed by atoms with Gasteiger partial charge in [0.05, 0.1) is 5.75 Å². The van der Waals surface area contributed by atoms with Gasteiger partial charge in [-0.25, -0.2) is 0 Å². The molecular formula is C22H28N4O3S. The Morgan fingerprint density at radius 3 is 2.80 bits per heavy atom. The molecule has 1 aliphatic carbocycles. The Hall–Kier alpha value is -2.48. The van der Waals surface area contributed by atoms with Gasteiger partial charge in [-0.1, -0.05) is 36.7 Å². The molecule has 2 aliphatic rings. The van der Waals surface area contributed by atoms with Crippen molar-refractivity contribution in [3.8, 4) is 11.5 Å². The quantitative estimate of drug-likeness (QED) is 0.514. The monoisotopic (exact) mass is 428 g/mol. The van der Waals surface area contributed by atoms with Crippen LogP contribution >= 0.6 is 11.8 Å². The maximum Gasteiger partial charge on any atom is 0.230 e. The molecular weight excluding hydrogens is 400 g/mol. The van der Waals surface area contributed by atoms with Crippen LogP contribution in [0.25, 0.3) is 0 Å². The number of nitrogens with one attached hydrogen (secondary N) is 1. The summed E-state index contributed by atoms with van der Waals surface area (Å²) in [4.78, 5) is 12.6. The van der Waals surface area contributed by atoms with Crippen LogP contribution in [0.2, 0.25) is 0 Å². The van der Waals surface area contributed by atoms with Crippen molar-refractivity contribution in [2.24, 2.45) is 0 Å². The molecule has 2 heterocycles. The van der Waals surface area contributed by atoms with E-state index in [2.05, 4.69) is 34.2 Å². The third kappa shape index (κ3) is 4.33. The van der Waals surface area contributed by atoms with Gasteiger partial charge in [0, 0.05) is 18.5 Å². The van der Waals surface area contributed by atoms with E-state index in [0.717, 1.165) is 35.3 Å². The predicted molar refractivity (Wildman–Crippen MR) is 116 cm³/mol. The van der Waals surface area contributed by atoms with Crippen LogP contribution in [0.5, 0.6) is 11.5 Å². The number of nitrogens with zero attached hydrogens (tertiary/aromatic N) is 3. The number of aromatic nitrogens is 3. The number of ether oxygens (including phenoxy) is 2. The van der Waals surface area contributed by atoms with Crippen LogP contribution in [0, 0.1) is 6.92 Å². The normalized spacial score (nSPS) is 17.0. The summed E-state index contributed by atoms with van der Waals surface area (Å²) in [6.07, 6.45) is 6.27. The highest BCUT2D eigenvalue weighted by atomic mass is 32.2. The first kappa shape index (κ1) is 20.8. The average Bonchev–Trinajstić information content (AvgIpc) is 3.39. The van der Waals surface area contributed by atoms with Crippen molar-refractivity contribution in [1.82, 2.24) is 20.1 Å². The second-order valence-corrected chi connectivity index (χ2v) is 8.78. The fourth-order valence-corrected chi connectivity index (χ4v) is 5.07. The summed E-state index contributed by atoms with van der Waals surface area (Å²) in [7, 11) is 0. The highest BCUT2D eigenvalue weighted by Gasteiger charge is 2.36. The molecule has 30 heavy (non-hydrogen) atoms. The maximum absolute atomic E-state index is 12.6. The molecule has 0 spiro atoms. The Labute approximate surface area is 181 Å². The molecule has 0 unspecified atom stereocenters. The Bertz CT molecular complexity index is 921. The molecule has 0 atom stereocenters. The number of aryl methyl sites for hydroxylation is 1. The highest BCUT2D eigenvalue weighted by molar-refractivity contribution is 7.99. The zero-order chi connectivity index (χ0) is 21.0. The van der Waals surface area contributed by atoms with Crippen molar-refractivity contribution in [3.63, 3.8) is 0 Å². The van der Waals surface area contributed by atoms with Gasteiger partial charge in [0.25, 0.3) is 0 Å². The molecule has 2 aromatic rings. The predicted octanol–water partition coefficient (Wildman–Crippen LogP) is 3.26. The fraction of sp³-hybridized carbons (Fsp3) is 0.500. The Balaban J connectivity index is 1.39. The summed E-state index contributed by atoms with van der Waals surface area (Å²) in [6, 6.07) is 6.22. The second-order valence-electron chi connectivity index (χ2n) is 7.84. The maximum atomic E-state index is 12.6. The number of thioether (sulfide) groups is 1. The number of carbonyl (C=O) groups excluding carboxylic acids is 1. The number of allylic oxidation sites excluding steroid dienone is 1. The van der Waals surface area contributed by atoms with Crippen LogP contribution in [0.4, 0.5) is 0 Å². The van der Waals surface area contributed by atoms with E-state index in [4.69, 9.17) is 9.47 Å². The van der Waals surface area contributed by atoms with Gasteiger partial charge in [-0.05, 0) is 37.5 Å². The first-order valence-corrected chi connectivity index (χ1v) is 11.4. The SMILES string of the molecule is C=CCn1c(C)nnc1SCC(=O)NCC1(c2ccc3c(c2)OCCO3)CCCC1. The summed E-state index contributed by atoms with van der Waals surface area (Å²) in [5, 5.41) is 12.2. The molecule has 8 heteroatoms. The summed E-state index contributed by atoms with van der Waals surface area (Å²) in [5.74, 6) is 2.75. The van der Waals surface area contributed by atoms with Crippen molar-refractivity contribution < 1.29 is 14.3 Å².